The third-order valence-electron chi connectivity index (χ3n) is 7.27. The van der Waals surface area contributed by atoms with E-state index in [1.54, 1.807) is 13.8 Å². The number of nitrogens with zero attached hydrogens (tertiary/aromatic N) is 1. The van der Waals surface area contributed by atoms with E-state index in [0.717, 1.165) is 10.7 Å². The maximum atomic E-state index is 13.5. The van der Waals surface area contributed by atoms with Gasteiger partial charge in [-0.25, -0.2) is 4.98 Å². The van der Waals surface area contributed by atoms with Gasteiger partial charge in [-0.2, -0.15) is 0 Å². The van der Waals surface area contributed by atoms with Gasteiger partial charge >= 0.3 is 0 Å². The summed E-state index contributed by atoms with van der Waals surface area (Å²) in [6.07, 6.45) is -0.235. The molecule has 0 fully saturated rings. The number of hydrogen-bond acceptors (Lipinski definition) is 8. The molecule has 0 bridgehead atoms. The number of aryl methyl sites for hydroxylation is 1. The Morgan fingerprint density at radius 2 is 1.40 bits per heavy atom. The zero-order valence-corrected chi connectivity index (χ0v) is 29.5. The molecule has 0 aromatic carbocycles. The quantitative estimate of drug-likeness (QED) is 0.132. The standard InChI is InChI=1S/C32H56N6O6S/c1-17(2)11-24(26(40)12-20(7)30(42)38-28(19(5)6)32(44)34-14-18(3)4)36-31(43)25(15-33-23(10)39)37-29(41)21(8)13-27-35-22(9)16-45-27/h16-21,24-26,28,40H,11-15H2,1-10H3,(H,33,39)(H,34,44)(H,36,43)(H,37,41)(H,38,42)/t20-,21+,24+,25+,26+,28+/m1/s1. The third-order valence-corrected chi connectivity index (χ3v) is 8.26. The molecule has 1 heterocycles. The van der Waals surface area contributed by atoms with Crippen LogP contribution in [0.3, 0.4) is 0 Å². The number of aliphatic hydroxyl groups excluding tert-OH is 1. The Hall–Kier alpha value is -3.06. The molecule has 12 nitrogen and oxygen atoms in total. The van der Waals surface area contributed by atoms with Crippen LogP contribution in [-0.2, 0) is 30.4 Å². The van der Waals surface area contributed by atoms with Gasteiger partial charge in [-0.05, 0) is 37.5 Å². The first-order chi connectivity index (χ1) is 20.9. The monoisotopic (exact) mass is 652 g/mol. The third kappa shape index (κ3) is 15.2. The molecule has 1 aromatic heterocycles. The average Bonchev–Trinajstić information content (AvgIpc) is 3.35. The minimum atomic E-state index is -1.09. The fourth-order valence-electron chi connectivity index (χ4n) is 4.60. The van der Waals surface area contributed by atoms with E-state index in [1.165, 1.54) is 18.3 Å². The summed E-state index contributed by atoms with van der Waals surface area (Å²) in [6.45, 7) is 18.5. The summed E-state index contributed by atoms with van der Waals surface area (Å²) in [6, 6.07) is -2.53. The number of hydrogen-bond donors (Lipinski definition) is 6. The van der Waals surface area contributed by atoms with Gasteiger partial charge in [0, 0.05) is 49.3 Å². The van der Waals surface area contributed by atoms with E-state index in [9.17, 15) is 29.1 Å². The molecule has 1 rings (SSSR count). The van der Waals surface area contributed by atoms with Crippen LogP contribution in [-0.4, -0.2) is 76.9 Å². The molecule has 256 valence electrons. The summed E-state index contributed by atoms with van der Waals surface area (Å²) < 4.78 is 0. The predicted octanol–water partition coefficient (Wildman–Crippen LogP) is 2.08. The van der Waals surface area contributed by atoms with Crippen molar-refractivity contribution in [3.05, 3.63) is 16.1 Å². The minimum absolute atomic E-state index is 0.0366. The van der Waals surface area contributed by atoms with Gasteiger partial charge < -0.3 is 31.7 Å². The van der Waals surface area contributed by atoms with Crippen molar-refractivity contribution in [2.24, 2.45) is 29.6 Å². The molecule has 5 amide bonds. The highest BCUT2D eigenvalue weighted by Crippen LogP contribution is 2.17. The van der Waals surface area contributed by atoms with Gasteiger partial charge in [0.05, 0.1) is 17.2 Å². The lowest BCUT2D eigenvalue weighted by molar-refractivity contribution is -0.133. The van der Waals surface area contributed by atoms with E-state index in [2.05, 4.69) is 31.6 Å². The van der Waals surface area contributed by atoms with Crippen LogP contribution >= 0.6 is 11.3 Å². The van der Waals surface area contributed by atoms with E-state index in [0.29, 0.717) is 19.4 Å². The average molecular weight is 653 g/mol. The Kier molecular flexibility index (Phi) is 17.3. The first kappa shape index (κ1) is 40.0. The van der Waals surface area contributed by atoms with Crippen LogP contribution in [0, 0.1) is 36.5 Å². The molecule has 0 aliphatic heterocycles. The first-order valence-corrected chi connectivity index (χ1v) is 16.8. The maximum Gasteiger partial charge on any atom is 0.244 e. The first-order valence-electron chi connectivity index (χ1n) is 15.9. The van der Waals surface area contributed by atoms with E-state index in [-0.39, 0.29) is 54.3 Å². The van der Waals surface area contributed by atoms with E-state index >= 15 is 0 Å². The Morgan fingerprint density at radius 3 is 1.91 bits per heavy atom. The van der Waals surface area contributed by atoms with Crippen molar-refractivity contribution in [3.8, 4) is 0 Å². The lowest BCUT2D eigenvalue weighted by Crippen LogP contribution is -2.57. The van der Waals surface area contributed by atoms with E-state index < -0.39 is 42.0 Å². The van der Waals surface area contributed by atoms with Crippen molar-refractivity contribution in [2.75, 3.05) is 13.1 Å². The van der Waals surface area contributed by atoms with Crippen LogP contribution < -0.4 is 26.6 Å². The molecular formula is C32H56N6O6S. The van der Waals surface area contributed by atoms with Crippen LogP contribution in [0.2, 0.25) is 0 Å². The van der Waals surface area contributed by atoms with Crippen molar-refractivity contribution in [2.45, 2.75) is 113 Å². The minimum Gasteiger partial charge on any atom is -0.391 e. The number of carbonyl (C=O) groups is 5. The largest absolute Gasteiger partial charge is 0.391 e. The van der Waals surface area contributed by atoms with Gasteiger partial charge in [0.2, 0.25) is 29.5 Å². The second-order valence-corrected chi connectivity index (χ2v) is 14.2. The summed E-state index contributed by atoms with van der Waals surface area (Å²) in [4.78, 5) is 68.4. The highest BCUT2D eigenvalue weighted by molar-refractivity contribution is 7.09. The fraction of sp³-hybridized carbons (Fsp3) is 0.750. The van der Waals surface area contributed by atoms with Crippen molar-refractivity contribution < 1.29 is 29.1 Å². The summed E-state index contributed by atoms with van der Waals surface area (Å²) >= 11 is 1.46. The normalized spacial score (nSPS) is 15.5. The predicted molar refractivity (Wildman–Crippen MR) is 176 cm³/mol. The molecule has 6 N–H and O–H groups in total. The molecule has 0 saturated heterocycles. The molecule has 45 heavy (non-hydrogen) atoms. The second kappa shape index (κ2) is 19.5. The Labute approximate surface area is 272 Å². The van der Waals surface area contributed by atoms with E-state index in [1.807, 2.05) is 53.8 Å². The van der Waals surface area contributed by atoms with Crippen molar-refractivity contribution >= 4 is 40.9 Å². The van der Waals surface area contributed by atoms with Crippen LogP contribution in [0.5, 0.6) is 0 Å². The molecule has 0 radical (unpaired) electrons. The van der Waals surface area contributed by atoms with Gasteiger partial charge in [-0.3, -0.25) is 24.0 Å². The lowest BCUT2D eigenvalue weighted by Gasteiger charge is -2.30. The summed E-state index contributed by atoms with van der Waals surface area (Å²) in [5.74, 6) is -2.82. The molecule has 0 aliphatic carbocycles. The molecule has 6 atom stereocenters. The van der Waals surface area contributed by atoms with Crippen LogP contribution in [0.15, 0.2) is 5.38 Å². The topological polar surface area (TPSA) is 179 Å². The lowest BCUT2D eigenvalue weighted by atomic mass is 9.91. The number of aromatic nitrogens is 1. The Morgan fingerprint density at radius 1 is 0.778 bits per heavy atom. The van der Waals surface area contributed by atoms with Crippen molar-refractivity contribution in [3.63, 3.8) is 0 Å². The zero-order valence-electron chi connectivity index (χ0n) is 28.7. The van der Waals surface area contributed by atoms with Gasteiger partial charge in [0.25, 0.3) is 0 Å². The zero-order chi connectivity index (χ0) is 34.4. The highest BCUT2D eigenvalue weighted by Gasteiger charge is 2.32. The number of rotatable bonds is 19. The molecule has 0 aliphatic rings. The molecule has 0 spiro atoms. The Bertz CT molecular complexity index is 1120. The summed E-state index contributed by atoms with van der Waals surface area (Å²) in [7, 11) is 0. The van der Waals surface area contributed by atoms with Gasteiger partial charge in [-0.1, -0.05) is 55.4 Å². The Balaban J connectivity index is 2.97. The molecule has 0 saturated carbocycles. The number of thiazole rings is 1. The summed E-state index contributed by atoms with van der Waals surface area (Å²) in [5, 5.41) is 27.8. The number of aliphatic hydroxyl groups is 1. The second-order valence-electron chi connectivity index (χ2n) is 13.3. The molecule has 13 heteroatoms. The van der Waals surface area contributed by atoms with Gasteiger partial charge in [0.15, 0.2) is 0 Å². The van der Waals surface area contributed by atoms with Crippen molar-refractivity contribution in [1.82, 2.24) is 31.6 Å². The molecular weight excluding hydrogens is 596 g/mol. The van der Waals surface area contributed by atoms with Gasteiger partial charge in [0.1, 0.15) is 12.1 Å². The number of carbonyl (C=O) groups excluding carboxylic acids is 5. The fourth-order valence-corrected chi connectivity index (χ4v) is 5.50. The van der Waals surface area contributed by atoms with Gasteiger partial charge in [-0.15, -0.1) is 11.3 Å². The highest BCUT2D eigenvalue weighted by atomic mass is 32.1. The number of amides is 5. The smallest absolute Gasteiger partial charge is 0.244 e. The van der Waals surface area contributed by atoms with Crippen LogP contribution in [0.25, 0.3) is 0 Å². The molecule has 0 unspecified atom stereocenters. The number of nitrogens with one attached hydrogen (secondary N) is 5. The van der Waals surface area contributed by atoms with Crippen LogP contribution in [0.4, 0.5) is 0 Å². The maximum absolute atomic E-state index is 13.5. The van der Waals surface area contributed by atoms with E-state index in [4.69, 9.17) is 0 Å². The van der Waals surface area contributed by atoms with Crippen molar-refractivity contribution in [1.29, 1.82) is 0 Å². The molecule has 1 aromatic rings. The summed E-state index contributed by atoms with van der Waals surface area (Å²) in [5.41, 5.74) is 0.874. The van der Waals surface area contributed by atoms with Crippen LogP contribution in [0.1, 0.15) is 85.9 Å². The SMILES string of the molecule is CC(=O)NC[C@H](NC(=O)[C@@H](C)Cc1nc(C)cs1)C(=O)N[C@@H](CC(C)C)[C@@H](O)C[C@@H](C)C(=O)N[C@H](C(=O)NCC(C)C)C(C)C.